The SMILES string of the molecule is CN(C[C@@H]1CCCO1)S(=O)(=O)c1ccc(C(=O)Nc2sccc2C#N)cc1. The monoisotopic (exact) mass is 405 g/mol. The number of nitrogens with one attached hydrogen (secondary N) is 1. The van der Waals surface area contributed by atoms with E-state index in [1.165, 1.54) is 47.0 Å². The van der Waals surface area contributed by atoms with Crippen LogP contribution in [0, 0.1) is 11.3 Å². The van der Waals surface area contributed by atoms with E-state index in [0.29, 0.717) is 29.3 Å². The molecule has 7 nitrogen and oxygen atoms in total. The van der Waals surface area contributed by atoms with Gasteiger partial charge in [-0.3, -0.25) is 4.79 Å². The van der Waals surface area contributed by atoms with Gasteiger partial charge in [0.05, 0.1) is 16.6 Å². The van der Waals surface area contributed by atoms with Crippen molar-refractivity contribution in [2.24, 2.45) is 0 Å². The van der Waals surface area contributed by atoms with E-state index in [1.807, 2.05) is 6.07 Å². The maximum absolute atomic E-state index is 12.7. The molecule has 0 spiro atoms. The van der Waals surface area contributed by atoms with Gasteiger partial charge < -0.3 is 10.1 Å². The average molecular weight is 406 g/mol. The number of thiophene rings is 1. The Labute approximate surface area is 162 Å². The third kappa shape index (κ3) is 4.36. The van der Waals surface area contributed by atoms with Crippen molar-refractivity contribution >= 4 is 32.3 Å². The topological polar surface area (TPSA) is 99.5 Å². The number of nitriles is 1. The van der Waals surface area contributed by atoms with E-state index >= 15 is 0 Å². The zero-order valence-corrected chi connectivity index (χ0v) is 16.3. The van der Waals surface area contributed by atoms with Crippen molar-refractivity contribution in [2.75, 3.05) is 25.5 Å². The van der Waals surface area contributed by atoms with Crippen molar-refractivity contribution in [2.45, 2.75) is 23.8 Å². The number of carbonyl (C=O) groups is 1. The summed E-state index contributed by atoms with van der Waals surface area (Å²) in [6.07, 6.45) is 1.72. The summed E-state index contributed by atoms with van der Waals surface area (Å²) in [5, 5.41) is 13.8. The first-order chi connectivity index (χ1) is 12.9. The van der Waals surface area contributed by atoms with E-state index in [4.69, 9.17) is 10.00 Å². The Bertz CT molecular complexity index is 955. The van der Waals surface area contributed by atoms with Crippen LogP contribution >= 0.6 is 11.3 Å². The summed E-state index contributed by atoms with van der Waals surface area (Å²) in [6, 6.07) is 9.37. The highest BCUT2D eigenvalue weighted by atomic mass is 32.2. The summed E-state index contributed by atoms with van der Waals surface area (Å²) in [4.78, 5) is 12.4. The third-order valence-corrected chi connectivity index (χ3v) is 6.99. The normalized spacial score (nSPS) is 17.0. The van der Waals surface area contributed by atoms with Crippen LogP contribution < -0.4 is 5.32 Å². The Morgan fingerprint density at radius 1 is 1.37 bits per heavy atom. The second-order valence-electron chi connectivity index (χ2n) is 6.17. The number of likely N-dealkylation sites (N-methyl/N-ethyl adjacent to an activating group) is 1. The molecule has 1 N–H and O–H groups in total. The van der Waals surface area contributed by atoms with Gasteiger partial charge >= 0.3 is 0 Å². The first kappa shape index (κ1) is 19.5. The molecule has 1 fully saturated rings. The van der Waals surface area contributed by atoms with Gasteiger partial charge in [0.25, 0.3) is 5.91 Å². The summed E-state index contributed by atoms with van der Waals surface area (Å²) in [7, 11) is -2.12. The Hall–Kier alpha value is -2.25. The lowest BCUT2D eigenvalue weighted by Gasteiger charge is -2.20. The number of ether oxygens (including phenoxy) is 1. The van der Waals surface area contributed by atoms with Crippen LogP contribution in [-0.2, 0) is 14.8 Å². The lowest BCUT2D eigenvalue weighted by molar-refractivity contribution is 0.0979. The Balaban J connectivity index is 1.70. The van der Waals surface area contributed by atoms with Crippen molar-refractivity contribution in [1.29, 1.82) is 5.26 Å². The van der Waals surface area contributed by atoms with Crippen LogP contribution in [0.5, 0.6) is 0 Å². The molecule has 1 aromatic heterocycles. The van der Waals surface area contributed by atoms with E-state index in [2.05, 4.69) is 5.32 Å². The molecule has 3 rings (SSSR count). The molecule has 0 aliphatic carbocycles. The Kier molecular flexibility index (Phi) is 5.92. The van der Waals surface area contributed by atoms with Crippen LogP contribution in [0.4, 0.5) is 5.00 Å². The molecule has 1 aromatic carbocycles. The number of nitrogens with zero attached hydrogens (tertiary/aromatic N) is 2. The first-order valence-electron chi connectivity index (χ1n) is 8.39. The molecule has 0 radical (unpaired) electrons. The minimum Gasteiger partial charge on any atom is -0.377 e. The summed E-state index contributed by atoms with van der Waals surface area (Å²) in [5.41, 5.74) is 0.705. The lowest BCUT2D eigenvalue weighted by Crippen LogP contribution is -2.34. The third-order valence-electron chi connectivity index (χ3n) is 4.32. The highest BCUT2D eigenvalue weighted by Gasteiger charge is 2.26. The van der Waals surface area contributed by atoms with E-state index in [0.717, 1.165) is 12.8 Å². The Morgan fingerprint density at radius 2 is 2.11 bits per heavy atom. The summed E-state index contributed by atoms with van der Waals surface area (Å²) >= 11 is 1.25. The highest BCUT2D eigenvalue weighted by molar-refractivity contribution is 7.89. The number of benzene rings is 1. The Morgan fingerprint density at radius 3 is 2.74 bits per heavy atom. The van der Waals surface area contributed by atoms with E-state index in [1.54, 1.807) is 11.4 Å². The van der Waals surface area contributed by atoms with Gasteiger partial charge in [0.2, 0.25) is 10.0 Å². The fraction of sp³-hybridized carbons (Fsp3) is 0.333. The molecule has 1 saturated heterocycles. The quantitative estimate of drug-likeness (QED) is 0.796. The predicted octanol–water partition coefficient (Wildman–Crippen LogP) is 2.67. The summed E-state index contributed by atoms with van der Waals surface area (Å²) < 4.78 is 32.1. The summed E-state index contributed by atoms with van der Waals surface area (Å²) in [6.45, 7) is 0.972. The predicted molar refractivity (Wildman–Crippen MR) is 102 cm³/mol. The van der Waals surface area contributed by atoms with Gasteiger partial charge in [-0.2, -0.15) is 9.57 Å². The lowest BCUT2D eigenvalue weighted by atomic mass is 10.2. The van der Waals surface area contributed by atoms with Crippen molar-refractivity contribution in [1.82, 2.24) is 4.31 Å². The fourth-order valence-corrected chi connectivity index (χ4v) is 4.74. The number of hydrogen-bond donors (Lipinski definition) is 1. The second-order valence-corrected chi connectivity index (χ2v) is 9.14. The van der Waals surface area contributed by atoms with E-state index in [-0.39, 0.29) is 11.0 Å². The smallest absolute Gasteiger partial charge is 0.256 e. The maximum Gasteiger partial charge on any atom is 0.256 e. The van der Waals surface area contributed by atoms with Gasteiger partial charge in [0.15, 0.2) is 0 Å². The fourth-order valence-electron chi connectivity index (χ4n) is 2.80. The standard InChI is InChI=1S/C18H19N3O4S2/c1-21(12-15-3-2-9-25-15)27(23,24)16-6-4-13(5-7-16)17(22)20-18-14(11-19)8-10-26-18/h4-8,10,15H,2-3,9,12H2,1H3,(H,20,22)/t15-/m0/s1. The molecular weight excluding hydrogens is 386 g/mol. The second kappa shape index (κ2) is 8.19. The minimum absolute atomic E-state index is 0.0741. The molecule has 142 valence electrons. The van der Waals surface area contributed by atoms with Crippen LogP contribution in [0.3, 0.4) is 0 Å². The number of amides is 1. The van der Waals surface area contributed by atoms with Gasteiger partial charge in [0, 0.05) is 25.8 Å². The van der Waals surface area contributed by atoms with Gasteiger partial charge in [-0.05, 0) is 48.6 Å². The molecule has 0 unspecified atom stereocenters. The average Bonchev–Trinajstić information content (AvgIpc) is 3.33. The van der Waals surface area contributed by atoms with Crippen LogP contribution in [0.2, 0.25) is 0 Å². The molecule has 0 bridgehead atoms. The largest absolute Gasteiger partial charge is 0.377 e. The van der Waals surface area contributed by atoms with Crippen LogP contribution in [-0.4, -0.2) is 44.9 Å². The highest BCUT2D eigenvalue weighted by Crippen LogP contribution is 2.23. The van der Waals surface area contributed by atoms with Crippen LogP contribution in [0.15, 0.2) is 40.6 Å². The number of sulfonamides is 1. The number of carbonyl (C=O) groups excluding carboxylic acids is 1. The molecule has 1 aliphatic heterocycles. The van der Waals surface area contributed by atoms with Gasteiger partial charge in [-0.15, -0.1) is 11.3 Å². The summed E-state index contributed by atoms with van der Waals surface area (Å²) in [5.74, 6) is -0.398. The molecule has 1 atom stereocenters. The van der Waals surface area contributed by atoms with Crippen LogP contribution in [0.25, 0.3) is 0 Å². The minimum atomic E-state index is -3.65. The van der Waals surface area contributed by atoms with Crippen molar-refractivity contribution in [3.63, 3.8) is 0 Å². The van der Waals surface area contributed by atoms with Gasteiger partial charge in [-0.25, -0.2) is 8.42 Å². The van der Waals surface area contributed by atoms with Crippen molar-refractivity contribution in [3.05, 3.63) is 46.8 Å². The van der Waals surface area contributed by atoms with E-state index < -0.39 is 15.9 Å². The molecule has 2 heterocycles. The first-order valence-corrected chi connectivity index (χ1v) is 10.7. The van der Waals surface area contributed by atoms with Gasteiger partial charge in [0.1, 0.15) is 11.1 Å². The van der Waals surface area contributed by atoms with Crippen molar-refractivity contribution in [3.8, 4) is 6.07 Å². The molecular formula is C18H19N3O4S2. The molecule has 9 heteroatoms. The molecule has 1 amide bonds. The molecule has 0 saturated carbocycles. The zero-order valence-electron chi connectivity index (χ0n) is 14.7. The molecule has 2 aromatic rings. The molecule has 1 aliphatic rings. The van der Waals surface area contributed by atoms with E-state index in [9.17, 15) is 13.2 Å². The van der Waals surface area contributed by atoms with Crippen molar-refractivity contribution < 1.29 is 17.9 Å². The number of hydrogen-bond acceptors (Lipinski definition) is 6. The number of rotatable bonds is 6. The van der Waals surface area contributed by atoms with Crippen LogP contribution in [0.1, 0.15) is 28.8 Å². The molecule has 27 heavy (non-hydrogen) atoms. The zero-order chi connectivity index (χ0) is 19.4. The van der Waals surface area contributed by atoms with Gasteiger partial charge in [-0.1, -0.05) is 0 Å². The maximum atomic E-state index is 12.7. The number of anilines is 1.